The molecule has 2 aliphatic carbocycles. The van der Waals surface area contributed by atoms with Crippen LogP contribution in [0.4, 0.5) is 18.0 Å². The maximum atomic E-state index is 12.0. The Hall–Kier alpha value is -1.56. The average Bonchev–Trinajstić information content (AvgIpc) is 2.55. The van der Waals surface area contributed by atoms with E-state index in [0.29, 0.717) is 18.8 Å². The number of ether oxygens (including phenoxy) is 1. The van der Waals surface area contributed by atoms with Crippen LogP contribution in [0, 0.1) is 5.92 Å². The van der Waals surface area contributed by atoms with E-state index < -0.39 is 18.9 Å². The summed E-state index contributed by atoms with van der Waals surface area (Å²) in [6.45, 7) is -1.57. The Kier molecular flexibility index (Phi) is 6.87. The standard InChI is InChI=1S/C17H25F3N2O3/c18-17(19,20)11-25-15(24)22-14-6-4-13(5-7-14)10-16(21-12-23)8-2-1-3-9-16/h13-14H,1-11H2,(H,22,24). The van der Waals surface area contributed by atoms with Gasteiger partial charge in [0.25, 0.3) is 0 Å². The lowest BCUT2D eigenvalue weighted by atomic mass is 9.72. The highest BCUT2D eigenvalue weighted by molar-refractivity contribution is 5.67. The van der Waals surface area contributed by atoms with Crippen molar-refractivity contribution in [3.8, 4) is 0 Å². The van der Waals surface area contributed by atoms with Crippen molar-refractivity contribution < 1.29 is 27.5 Å². The highest BCUT2D eigenvalue weighted by atomic mass is 19.4. The van der Waals surface area contributed by atoms with Gasteiger partial charge >= 0.3 is 12.3 Å². The van der Waals surface area contributed by atoms with Crippen LogP contribution < -0.4 is 5.32 Å². The number of carbonyl (C=O) groups excluding carboxylic acids is 2. The molecular formula is C17H25F3N2O3. The molecule has 0 aromatic carbocycles. The van der Waals surface area contributed by atoms with E-state index in [4.69, 9.17) is 0 Å². The molecule has 0 aliphatic heterocycles. The van der Waals surface area contributed by atoms with Gasteiger partial charge in [-0.1, -0.05) is 19.3 Å². The second-order valence-corrected chi connectivity index (χ2v) is 7.25. The Morgan fingerprint density at radius 1 is 1.16 bits per heavy atom. The van der Waals surface area contributed by atoms with Crippen molar-refractivity contribution in [2.45, 2.75) is 82.0 Å². The first-order chi connectivity index (χ1) is 11.8. The van der Waals surface area contributed by atoms with Crippen LogP contribution >= 0.6 is 0 Å². The van der Waals surface area contributed by atoms with Crippen LogP contribution in [0.3, 0.4) is 0 Å². The zero-order chi connectivity index (χ0) is 18.3. The van der Waals surface area contributed by atoms with Gasteiger partial charge in [-0.15, -0.1) is 0 Å². The molecule has 2 saturated carbocycles. The van der Waals surface area contributed by atoms with Gasteiger partial charge in [0.15, 0.2) is 6.61 Å². The van der Waals surface area contributed by atoms with E-state index in [1.54, 1.807) is 6.08 Å². The fraction of sp³-hybridized carbons (Fsp3) is 0.882. The van der Waals surface area contributed by atoms with Crippen LogP contribution in [0.25, 0.3) is 0 Å². The summed E-state index contributed by atoms with van der Waals surface area (Å²) in [5.41, 5.74) is -0.281. The summed E-state index contributed by atoms with van der Waals surface area (Å²) in [6, 6.07) is -0.158. The molecule has 2 fully saturated rings. The van der Waals surface area contributed by atoms with Gasteiger partial charge in [0.05, 0.1) is 5.54 Å². The summed E-state index contributed by atoms with van der Waals surface area (Å²) in [4.78, 5) is 26.3. The molecule has 2 aliphatic rings. The average molecular weight is 362 g/mol. The molecule has 0 heterocycles. The minimum atomic E-state index is -4.51. The number of hydrogen-bond acceptors (Lipinski definition) is 4. The van der Waals surface area contributed by atoms with Gasteiger partial charge in [0, 0.05) is 6.04 Å². The maximum Gasteiger partial charge on any atom is 0.422 e. The molecule has 0 aromatic heterocycles. The van der Waals surface area contributed by atoms with E-state index >= 15 is 0 Å². The third-order valence-electron chi connectivity index (χ3n) is 5.27. The SMILES string of the molecule is O=C=NC1(CC2CCC(NC(=O)OCC(F)(F)F)CC2)CCCCC1. The smallest absolute Gasteiger partial charge is 0.422 e. The normalized spacial score (nSPS) is 26.4. The molecular weight excluding hydrogens is 337 g/mol. The summed E-state index contributed by atoms with van der Waals surface area (Å²) < 4.78 is 40.3. The summed E-state index contributed by atoms with van der Waals surface area (Å²) in [5.74, 6) is 0.416. The number of halogens is 3. The number of aliphatic imine (C=N–C) groups is 1. The van der Waals surface area contributed by atoms with Crippen molar-refractivity contribution in [1.29, 1.82) is 0 Å². The van der Waals surface area contributed by atoms with Gasteiger partial charge in [-0.25, -0.2) is 9.59 Å². The minimum absolute atomic E-state index is 0.158. The predicted molar refractivity (Wildman–Crippen MR) is 84.8 cm³/mol. The van der Waals surface area contributed by atoms with E-state index in [1.807, 2.05) is 0 Å². The van der Waals surface area contributed by atoms with Gasteiger partial charge in [-0.2, -0.15) is 18.2 Å². The zero-order valence-electron chi connectivity index (χ0n) is 14.2. The van der Waals surface area contributed by atoms with Crippen LogP contribution in [0.2, 0.25) is 0 Å². The number of amides is 1. The van der Waals surface area contributed by atoms with Gasteiger partial charge in [-0.3, -0.25) is 0 Å². The molecule has 0 atom stereocenters. The van der Waals surface area contributed by atoms with Crippen LogP contribution in [0.15, 0.2) is 4.99 Å². The van der Waals surface area contributed by atoms with Crippen molar-refractivity contribution in [2.75, 3.05) is 6.61 Å². The van der Waals surface area contributed by atoms with Gasteiger partial charge in [0.1, 0.15) is 0 Å². The monoisotopic (exact) mass is 362 g/mol. The number of rotatable bonds is 5. The van der Waals surface area contributed by atoms with E-state index in [9.17, 15) is 22.8 Å². The summed E-state index contributed by atoms with van der Waals surface area (Å²) >= 11 is 0. The summed E-state index contributed by atoms with van der Waals surface area (Å²) in [7, 11) is 0. The highest BCUT2D eigenvalue weighted by Gasteiger charge is 2.36. The minimum Gasteiger partial charge on any atom is -0.440 e. The van der Waals surface area contributed by atoms with Crippen molar-refractivity contribution >= 4 is 12.2 Å². The molecule has 142 valence electrons. The first-order valence-corrected chi connectivity index (χ1v) is 8.91. The number of alkyl carbamates (subject to hydrolysis) is 1. The molecule has 0 spiro atoms. The number of nitrogens with zero attached hydrogens (tertiary/aromatic N) is 1. The van der Waals surface area contributed by atoms with Crippen LogP contribution in [-0.2, 0) is 9.53 Å². The molecule has 0 bridgehead atoms. The Morgan fingerprint density at radius 3 is 2.36 bits per heavy atom. The molecule has 5 nitrogen and oxygen atoms in total. The van der Waals surface area contributed by atoms with Crippen LogP contribution in [0.5, 0.6) is 0 Å². The Bertz CT molecular complexity index is 490. The van der Waals surface area contributed by atoms with Crippen molar-refractivity contribution in [3.05, 3.63) is 0 Å². The van der Waals surface area contributed by atoms with E-state index in [-0.39, 0.29) is 11.6 Å². The largest absolute Gasteiger partial charge is 0.440 e. The van der Waals surface area contributed by atoms with Gasteiger partial charge < -0.3 is 10.1 Å². The molecule has 1 amide bonds. The fourth-order valence-corrected chi connectivity index (χ4v) is 4.07. The third kappa shape index (κ3) is 6.69. The highest BCUT2D eigenvalue weighted by Crippen LogP contribution is 2.40. The molecule has 0 saturated heterocycles. The molecule has 0 unspecified atom stereocenters. The molecule has 0 radical (unpaired) electrons. The number of isocyanates is 1. The first kappa shape index (κ1) is 19.8. The van der Waals surface area contributed by atoms with E-state index in [0.717, 1.165) is 44.9 Å². The topological polar surface area (TPSA) is 67.8 Å². The first-order valence-electron chi connectivity index (χ1n) is 8.91. The third-order valence-corrected chi connectivity index (χ3v) is 5.27. The Balaban J connectivity index is 1.75. The number of hydrogen-bond donors (Lipinski definition) is 1. The van der Waals surface area contributed by atoms with Crippen molar-refractivity contribution in [3.63, 3.8) is 0 Å². The van der Waals surface area contributed by atoms with Crippen molar-refractivity contribution in [2.24, 2.45) is 10.9 Å². The Morgan fingerprint density at radius 2 is 1.80 bits per heavy atom. The number of carbonyl (C=O) groups is 1. The molecule has 8 heteroatoms. The second kappa shape index (κ2) is 8.70. The lowest BCUT2D eigenvalue weighted by molar-refractivity contribution is -0.160. The zero-order valence-corrected chi connectivity index (χ0v) is 14.2. The van der Waals surface area contributed by atoms with Crippen molar-refractivity contribution in [1.82, 2.24) is 5.32 Å². The summed E-state index contributed by atoms with van der Waals surface area (Å²) in [6.07, 6.45) is 5.36. The van der Waals surface area contributed by atoms with Crippen LogP contribution in [-0.4, -0.2) is 36.5 Å². The molecule has 2 rings (SSSR count). The van der Waals surface area contributed by atoms with E-state index in [2.05, 4.69) is 15.0 Å². The summed E-state index contributed by atoms with van der Waals surface area (Å²) in [5, 5.41) is 2.50. The molecule has 1 N–H and O–H groups in total. The Labute approximate surface area is 145 Å². The lowest BCUT2D eigenvalue weighted by Crippen LogP contribution is -2.40. The van der Waals surface area contributed by atoms with Gasteiger partial charge in [0.2, 0.25) is 6.08 Å². The predicted octanol–water partition coefficient (Wildman–Crippen LogP) is 4.26. The molecule has 0 aromatic rings. The molecule has 25 heavy (non-hydrogen) atoms. The van der Waals surface area contributed by atoms with Gasteiger partial charge in [-0.05, 0) is 50.9 Å². The fourth-order valence-electron chi connectivity index (χ4n) is 4.07. The number of alkyl halides is 3. The lowest BCUT2D eigenvalue weighted by Gasteiger charge is -2.37. The quantitative estimate of drug-likeness (QED) is 0.587. The maximum absolute atomic E-state index is 12.0. The van der Waals surface area contributed by atoms with E-state index in [1.165, 1.54) is 6.42 Å². The van der Waals surface area contributed by atoms with Crippen LogP contribution in [0.1, 0.15) is 64.2 Å². The number of nitrogens with one attached hydrogen (secondary N) is 1. The second-order valence-electron chi connectivity index (χ2n) is 7.25.